The van der Waals surface area contributed by atoms with Crippen LogP contribution in [-0.2, 0) is 0 Å². The molecule has 0 aromatic heterocycles. The molecule has 0 aromatic rings. The minimum atomic E-state index is 1.10. The summed E-state index contributed by atoms with van der Waals surface area (Å²) in [5.74, 6) is 0. The van der Waals surface area contributed by atoms with Crippen molar-refractivity contribution < 1.29 is 0 Å². The number of rotatable bonds is 7. The zero-order chi connectivity index (χ0) is 11.8. The summed E-state index contributed by atoms with van der Waals surface area (Å²) in [6, 6.07) is 0. The number of nitrogens with zero attached hydrogens (tertiary/aromatic N) is 3. The Kier molecular flexibility index (Phi) is 7.01. The number of hydrogen-bond donors (Lipinski definition) is 0. The second kappa shape index (κ2) is 8.04. The third-order valence-electron chi connectivity index (χ3n) is 3.19. The van der Waals surface area contributed by atoms with Crippen LogP contribution >= 0.6 is 0 Å². The molecule has 0 amide bonds. The molecule has 0 bridgehead atoms. The fourth-order valence-electron chi connectivity index (χ4n) is 2.49. The topological polar surface area (TPSA) is 9.72 Å². The predicted molar refractivity (Wildman–Crippen MR) is 70.2 cm³/mol. The molecule has 0 aliphatic carbocycles. The maximum absolute atomic E-state index is 2.54. The summed E-state index contributed by atoms with van der Waals surface area (Å²) in [7, 11) is 4.40. The number of hydrogen-bond acceptors (Lipinski definition) is 3. The normalized spacial score (nSPS) is 20.4. The average molecular weight is 227 g/mol. The largest absolute Gasteiger partial charge is 0.280 e. The first-order valence-corrected chi connectivity index (χ1v) is 6.82. The Bertz CT molecular complexity index is 163. The van der Waals surface area contributed by atoms with Gasteiger partial charge in [0.15, 0.2) is 0 Å². The lowest BCUT2D eigenvalue weighted by molar-refractivity contribution is -0.00191. The second-order valence-corrected chi connectivity index (χ2v) is 5.30. The van der Waals surface area contributed by atoms with E-state index < -0.39 is 0 Å². The summed E-state index contributed by atoms with van der Waals surface area (Å²) in [4.78, 5) is 7.30. The molecule has 3 nitrogen and oxygen atoms in total. The zero-order valence-electron chi connectivity index (χ0n) is 11.4. The summed E-state index contributed by atoms with van der Waals surface area (Å²) in [5.41, 5.74) is 0. The van der Waals surface area contributed by atoms with Crippen LogP contribution in [0.25, 0.3) is 0 Å². The van der Waals surface area contributed by atoms with Crippen molar-refractivity contribution in [3.8, 4) is 0 Å². The summed E-state index contributed by atoms with van der Waals surface area (Å²) in [5, 5.41) is 0. The summed E-state index contributed by atoms with van der Waals surface area (Å²) >= 11 is 0. The van der Waals surface area contributed by atoms with Crippen molar-refractivity contribution in [1.82, 2.24) is 14.7 Å². The molecular formula is C13H29N3. The van der Waals surface area contributed by atoms with Gasteiger partial charge >= 0.3 is 0 Å². The maximum atomic E-state index is 2.54. The molecule has 0 unspecified atom stereocenters. The highest BCUT2D eigenvalue weighted by atomic mass is 15.5. The van der Waals surface area contributed by atoms with Crippen LogP contribution in [-0.4, -0.2) is 55.3 Å². The van der Waals surface area contributed by atoms with Crippen molar-refractivity contribution in [2.45, 2.75) is 45.4 Å². The Morgan fingerprint density at radius 2 is 1.31 bits per heavy atom. The molecule has 96 valence electrons. The third-order valence-corrected chi connectivity index (χ3v) is 3.19. The van der Waals surface area contributed by atoms with Crippen LogP contribution in [0.3, 0.4) is 0 Å². The molecular weight excluding hydrogens is 198 g/mol. The third kappa shape index (κ3) is 5.83. The molecule has 1 aliphatic heterocycles. The predicted octanol–water partition coefficient (Wildman–Crippen LogP) is 2.40. The highest BCUT2D eigenvalue weighted by molar-refractivity contribution is 4.64. The van der Waals surface area contributed by atoms with Gasteiger partial charge < -0.3 is 0 Å². The maximum Gasteiger partial charge on any atom is 0.0526 e. The van der Waals surface area contributed by atoms with Gasteiger partial charge in [-0.1, -0.05) is 39.0 Å². The van der Waals surface area contributed by atoms with Crippen molar-refractivity contribution in [2.24, 2.45) is 0 Å². The molecule has 1 rings (SSSR count). The van der Waals surface area contributed by atoms with E-state index in [0.29, 0.717) is 0 Å². The lowest BCUT2D eigenvalue weighted by Crippen LogP contribution is -2.52. The Morgan fingerprint density at radius 1 is 0.750 bits per heavy atom. The van der Waals surface area contributed by atoms with Crippen molar-refractivity contribution in [3.05, 3.63) is 0 Å². The van der Waals surface area contributed by atoms with Gasteiger partial charge in [0.05, 0.1) is 20.0 Å². The van der Waals surface area contributed by atoms with Gasteiger partial charge in [-0.3, -0.25) is 14.7 Å². The Hall–Kier alpha value is -0.120. The molecule has 1 aliphatic rings. The van der Waals surface area contributed by atoms with E-state index in [0.717, 1.165) is 20.0 Å². The minimum absolute atomic E-state index is 1.10. The Morgan fingerprint density at radius 3 is 1.94 bits per heavy atom. The van der Waals surface area contributed by atoms with Crippen LogP contribution in [0.1, 0.15) is 45.4 Å². The molecule has 0 spiro atoms. The van der Waals surface area contributed by atoms with Crippen molar-refractivity contribution >= 4 is 0 Å². The van der Waals surface area contributed by atoms with E-state index in [1.807, 2.05) is 0 Å². The fraction of sp³-hybridized carbons (Fsp3) is 1.00. The first-order valence-electron chi connectivity index (χ1n) is 6.82. The lowest BCUT2D eigenvalue weighted by atomic mass is 10.1. The smallest absolute Gasteiger partial charge is 0.0526 e. The molecule has 0 atom stereocenters. The van der Waals surface area contributed by atoms with Crippen LogP contribution < -0.4 is 0 Å². The first-order chi connectivity index (χ1) is 7.72. The van der Waals surface area contributed by atoms with Gasteiger partial charge in [0.2, 0.25) is 0 Å². The van der Waals surface area contributed by atoms with Crippen LogP contribution in [0.4, 0.5) is 0 Å². The molecule has 16 heavy (non-hydrogen) atoms. The van der Waals surface area contributed by atoms with Gasteiger partial charge in [-0.25, -0.2) is 0 Å². The van der Waals surface area contributed by atoms with Gasteiger partial charge in [0, 0.05) is 6.54 Å². The van der Waals surface area contributed by atoms with Crippen LogP contribution in [0.5, 0.6) is 0 Å². The lowest BCUT2D eigenvalue weighted by Gasteiger charge is -2.38. The van der Waals surface area contributed by atoms with E-state index in [1.165, 1.54) is 45.1 Å². The van der Waals surface area contributed by atoms with Gasteiger partial charge in [-0.05, 0) is 20.5 Å². The van der Waals surface area contributed by atoms with E-state index >= 15 is 0 Å². The van der Waals surface area contributed by atoms with Crippen LogP contribution in [0, 0.1) is 0 Å². The fourth-order valence-corrected chi connectivity index (χ4v) is 2.49. The highest BCUT2D eigenvalue weighted by Gasteiger charge is 2.16. The SMILES string of the molecule is CCCCCCCCN1CN(C)CN(C)C1. The summed E-state index contributed by atoms with van der Waals surface area (Å²) in [6.45, 7) is 6.92. The van der Waals surface area contributed by atoms with E-state index in [1.54, 1.807) is 0 Å². The van der Waals surface area contributed by atoms with Crippen molar-refractivity contribution in [1.29, 1.82) is 0 Å². The standard InChI is InChI=1S/C13H29N3/c1-4-5-6-7-8-9-10-16-12-14(2)11-15(3)13-16/h4-13H2,1-3H3. The summed E-state index contributed by atoms with van der Waals surface area (Å²) in [6.07, 6.45) is 8.38. The van der Waals surface area contributed by atoms with Crippen LogP contribution in [0.15, 0.2) is 0 Å². The monoisotopic (exact) mass is 227 g/mol. The molecule has 3 heteroatoms. The van der Waals surface area contributed by atoms with Crippen LogP contribution in [0.2, 0.25) is 0 Å². The molecule has 0 saturated carbocycles. The van der Waals surface area contributed by atoms with E-state index in [4.69, 9.17) is 0 Å². The van der Waals surface area contributed by atoms with Crippen molar-refractivity contribution in [3.63, 3.8) is 0 Å². The van der Waals surface area contributed by atoms with Gasteiger partial charge in [-0.2, -0.15) is 0 Å². The van der Waals surface area contributed by atoms with E-state index in [2.05, 4.69) is 35.7 Å². The molecule has 0 N–H and O–H groups in total. The summed E-state index contributed by atoms with van der Waals surface area (Å²) < 4.78 is 0. The van der Waals surface area contributed by atoms with Gasteiger partial charge in [0.1, 0.15) is 0 Å². The molecule has 0 radical (unpaired) electrons. The molecule has 1 heterocycles. The van der Waals surface area contributed by atoms with Gasteiger partial charge in [0.25, 0.3) is 0 Å². The Balaban J connectivity index is 1.99. The molecule has 1 saturated heterocycles. The first kappa shape index (κ1) is 13.9. The average Bonchev–Trinajstić information content (AvgIpc) is 2.22. The molecule has 1 fully saturated rings. The quantitative estimate of drug-likeness (QED) is 0.618. The Labute approximate surface area is 101 Å². The van der Waals surface area contributed by atoms with E-state index in [9.17, 15) is 0 Å². The van der Waals surface area contributed by atoms with Gasteiger partial charge in [-0.15, -0.1) is 0 Å². The minimum Gasteiger partial charge on any atom is -0.280 e. The molecule has 0 aromatic carbocycles. The number of unbranched alkanes of at least 4 members (excludes halogenated alkanes) is 5. The second-order valence-electron chi connectivity index (χ2n) is 5.30. The zero-order valence-corrected chi connectivity index (χ0v) is 11.4. The van der Waals surface area contributed by atoms with E-state index in [-0.39, 0.29) is 0 Å². The van der Waals surface area contributed by atoms with Crippen molar-refractivity contribution in [2.75, 3.05) is 40.6 Å². The highest BCUT2D eigenvalue weighted by Crippen LogP contribution is 2.08.